The molecule has 0 radical (unpaired) electrons. The number of nitrogens with zero attached hydrogens (tertiary/aromatic N) is 1. The number of halogens is 1. The number of benzene rings is 2. The monoisotopic (exact) mass is 475 g/mol. The summed E-state index contributed by atoms with van der Waals surface area (Å²) in [5, 5.41) is 7.15. The molecule has 2 aromatic carbocycles. The van der Waals surface area contributed by atoms with E-state index < -0.39 is 0 Å². The molecule has 0 aliphatic carbocycles. The largest absolute Gasteiger partial charge is 1.00 e. The minimum absolute atomic E-state index is 0. The summed E-state index contributed by atoms with van der Waals surface area (Å²) >= 11 is 0. The Morgan fingerprint density at radius 1 is 1.03 bits per heavy atom. The quantitative estimate of drug-likeness (QED) is 0.492. The molecule has 1 amide bonds. The second-order valence-corrected chi connectivity index (χ2v) is 7.86. The van der Waals surface area contributed by atoms with E-state index in [4.69, 9.17) is 18.7 Å². The van der Waals surface area contributed by atoms with Gasteiger partial charge in [0.2, 0.25) is 0 Å². The van der Waals surface area contributed by atoms with Gasteiger partial charge in [-0.25, -0.2) is 0 Å². The van der Waals surface area contributed by atoms with Crippen molar-refractivity contribution < 1.29 is 41.7 Å². The van der Waals surface area contributed by atoms with Crippen LogP contribution in [0.25, 0.3) is 22.4 Å². The third-order valence-corrected chi connectivity index (χ3v) is 5.42. The van der Waals surface area contributed by atoms with Crippen LogP contribution in [0.3, 0.4) is 0 Å². The first-order valence-corrected chi connectivity index (χ1v) is 10.3. The molecule has 0 saturated heterocycles. The predicted molar refractivity (Wildman–Crippen MR) is 122 cm³/mol. The highest BCUT2D eigenvalue weighted by atomic mass is 35.5. The molecular weight excluding hydrogens is 446 g/mol. The van der Waals surface area contributed by atoms with E-state index in [0.717, 1.165) is 22.3 Å². The van der Waals surface area contributed by atoms with Crippen LogP contribution in [-0.2, 0) is 4.79 Å². The minimum atomic E-state index is -0.385. The van der Waals surface area contributed by atoms with E-state index in [2.05, 4.69) is 16.2 Å². The molecule has 8 nitrogen and oxygen atoms in total. The van der Waals surface area contributed by atoms with E-state index in [1.54, 1.807) is 33.7 Å². The van der Waals surface area contributed by atoms with Crippen molar-refractivity contribution in [2.24, 2.45) is 5.92 Å². The Balaban J connectivity index is 0.00000385. The maximum absolute atomic E-state index is 12.6. The fourth-order valence-corrected chi connectivity index (χ4v) is 3.44. The molecule has 3 rings (SSSR count). The number of ether oxygens (including phenoxy) is 3. The lowest BCUT2D eigenvalue weighted by Gasteiger charge is -2.16. The fourth-order valence-electron chi connectivity index (χ4n) is 3.44. The van der Waals surface area contributed by atoms with Crippen molar-refractivity contribution in [2.45, 2.75) is 26.8 Å². The molecule has 1 aromatic heterocycles. The number of hydrogen-bond acceptors (Lipinski definition) is 6. The molecule has 1 atom stereocenters. The van der Waals surface area contributed by atoms with Crippen LogP contribution >= 0.6 is 0 Å². The topological polar surface area (TPSA) is 110 Å². The Kier molecular flexibility index (Phi) is 8.73. The summed E-state index contributed by atoms with van der Waals surface area (Å²) in [6.45, 7) is 5.86. The summed E-state index contributed by atoms with van der Waals surface area (Å²) in [5.41, 5.74) is 8.47. The zero-order chi connectivity index (χ0) is 23.4. The molecule has 0 saturated carbocycles. The number of aryl methyl sites for hydroxylation is 1. The van der Waals surface area contributed by atoms with Gasteiger partial charge in [0.25, 0.3) is 5.91 Å². The number of rotatable bonds is 8. The van der Waals surface area contributed by atoms with Gasteiger partial charge in [-0.3, -0.25) is 4.79 Å². The van der Waals surface area contributed by atoms with Crippen LogP contribution in [0.2, 0.25) is 0 Å². The minimum Gasteiger partial charge on any atom is -1.00 e. The van der Waals surface area contributed by atoms with Crippen molar-refractivity contribution in [1.82, 2.24) is 5.16 Å². The molecule has 0 aliphatic heterocycles. The molecular formula is C24H30ClN3O5. The van der Waals surface area contributed by atoms with Crippen molar-refractivity contribution >= 4 is 11.6 Å². The standard InChI is InChI=1S/C24H29N3O5.ClH/c1-13(2)21(25)24(28)26-18-10-15(7-8-19(18)29-4)17-12-32-27-22(17)16-9-14(3)23(31-6)20(11-16)30-5;/h7-13,21H,25H2,1-6H3,(H,26,28);1H. The molecule has 0 spiro atoms. The maximum Gasteiger partial charge on any atom is 0.282 e. The summed E-state index contributed by atoms with van der Waals surface area (Å²) in [4.78, 5) is 12.6. The summed E-state index contributed by atoms with van der Waals surface area (Å²) in [6.07, 6.45) is 1.58. The molecule has 3 aromatic rings. The average Bonchev–Trinajstić information content (AvgIpc) is 3.27. The summed E-state index contributed by atoms with van der Waals surface area (Å²) < 4.78 is 21.7. The van der Waals surface area contributed by atoms with Gasteiger partial charge in [0.15, 0.2) is 17.5 Å². The predicted octanol–water partition coefficient (Wildman–Crippen LogP) is 0.552. The van der Waals surface area contributed by atoms with Gasteiger partial charge in [-0.05, 0) is 42.3 Å². The Morgan fingerprint density at radius 3 is 2.33 bits per heavy atom. The van der Waals surface area contributed by atoms with Gasteiger partial charge >= 0.3 is 0 Å². The van der Waals surface area contributed by atoms with Gasteiger partial charge in [0.1, 0.15) is 17.7 Å². The van der Waals surface area contributed by atoms with Crippen LogP contribution in [0.1, 0.15) is 19.4 Å². The summed E-state index contributed by atoms with van der Waals surface area (Å²) in [5.74, 6) is 1.77. The number of nitrogens with one attached hydrogen (secondary N) is 1. The van der Waals surface area contributed by atoms with Gasteiger partial charge in [-0.15, -0.1) is 0 Å². The zero-order valence-electron chi connectivity index (χ0n) is 19.7. The van der Waals surface area contributed by atoms with Crippen LogP contribution < -0.4 is 37.7 Å². The van der Waals surface area contributed by atoms with Crippen LogP contribution in [0, 0.1) is 12.8 Å². The molecule has 0 fully saturated rings. The van der Waals surface area contributed by atoms with Crippen LogP contribution in [0.4, 0.5) is 5.69 Å². The number of carbonyl (C=O) groups is 1. The fraction of sp³-hybridized carbons (Fsp3) is 0.333. The lowest BCUT2D eigenvalue weighted by molar-refractivity contribution is -0.412. The summed E-state index contributed by atoms with van der Waals surface area (Å²) in [7, 11) is 4.76. The number of amides is 1. The average molecular weight is 476 g/mol. The second-order valence-electron chi connectivity index (χ2n) is 7.86. The van der Waals surface area contributed by atoms with Crippen molar-refractivity contribution in [1.29, 1.82) is 0 Å². The van der Waals surface area contributed by atoms with Gasteiger partial charge in [-0.1, -0.05) is 25.1 Å². The highest BCUT2D eigenvalue weighted by Crippen LogP contribution is 2.40. The Labute approximate surface area is 199 Å². The van der Waals surface area contributed by atoms with Crippen LogP contribution in [0.15, 0.2) is 41.1 Å². The Bertz CT molecular complexity index is 1110. The number of hydrogen-bond donors (Lipinski definition) is 2. The van der Waals surface area contributed by atoms with Crippen molar-refractivity contribution in [3.63, 3.8) is 0 Å². The Hall–Kier alpha value is -3.23. The van der Waals surface area contributed by atoms with E-state index in [1.165, 1.54) is 0 Å². The molecule has 9 heteroatoms. The third-order valence-electron chi connectivity index (χ3n) is 5.42. The second kappa shape index (κ2) is 11.1. The van der Waals surface area contributed by atoms with Crippen LogP contribution in [0.5, 0.6) is 17.2 Å². The Morgan fingerprint density at radius 2 is 1.73 bits per heavy atom. The van der Waals surface area contributed by atoms with Gasteiger partial charge in [0.05, 0.1) is 27.0 Å². The van der Waals surface area contributed by atoms with Gasteiger partial charge < -0.3 is 42.2 Å². The normalized spacial score (nSPS) is 11.5. The molecule has 33 heavy (non-hydrogen) atoms. The third kappa shape index (κ3) is 5.40. The van der Waals surface area contributed by atoms with Gasteiger partial charge in [0, 0.05) is 17.0 Å². The van der Waals surface area contributed by atoms with Crippen LogP contribution in [-0.4, -0.2) is 38.4 Å². The smallest absolute Gasteiger partial charge is 0.282 e. The first kappa shape index (κ1) is 26.0. The van der Waals surface area contributed by atoms with Gasteiger partial charge in [-0.2, -0.15) is 0 Å². The van der Waals surface area contributed by atoms with E-state index in [1.807, 2.05) is 45.0 Å². The lowest BCUT2D eigenvalue weighted by Crippen LogP contribution is -3.00. The van der Waals surface area contributed by atoms with Crippen molar-refractivity contribution in [2.75, 3.05) is 26.6 Å². The number of carbonyl (C=O) groups excluding carboxylic acids is 1. The number of quaternary nitrogens is 1. The first-order valence-electron chi connectivity index (χ1n) is 10.3. The highest BCUT2D eigenvalue weighted by Gasteiger charge is 2.23. The first-order chi connectivity index (χ1) is 15.3. The van der Waals surface area contributed by atoms with Crippen molar-refractivity contribution in [3.05, 3.63) is 42.2 Å². The van der Waals surface area contributed by atoms with E-state index in [-0.39, 0.29) is 30.3 Å². The molecule has 0 bridgehead atoms. The highest BCUT2D eigenvalue weighted by molar-refractivity contribution is 5.96. The maximum atomic E-state index is 12.6. The molecule has 0 aliphatic rings. The zero-order valence-corrected chi connectivity index (χ0v) is 20.4. The number of methoxy groups -OCH3 is 3. The van der Waals surface area contributed by atoms with E-state index in [0.29, 0.717) is 28.6 Å². The number of anilines is 1. The van der Waals surface area contributed by atoms with Crippen molar-refractivity contribution in [3.8, 4) is 39.6 Å². The molecule has 4 N–H and O–H groups in total. The summed E-state index contributed by atoms with van der Waals surface area (Å²) in [6, 6.07) is 8.97. The molecule has 178 valence electrons. The van der Waals surface area contributed by atoms with E-state index >= 15 is 0 Å². The SMILES string of the molecule is COc1ccc(-c2conc2-c2cc(C)c(OC)c(OC)c2)cc1NC(=O)C([NH3+])C(C)C.[Cl-]. The lowest BCUT2D eigenvalue weighted by atomic mass is 9.99. The van der Waals surface area contributed by atoms with E-state index in [9.17, 15) is 4.79 Å². The molecule has 1 unspecified atom stereocenters. The number of aromatic nitrogens is 1. The molecule has 1 heterocycles.